The number of hydrogen-bond donors (Lipinski definition) is 0. The number of benzene rings is 3. The summed E-state index contributed by atoms with van der Waals surface area (Å²) in [5.74, 6) is 3.69. The Morgan fingerprint density at radius 2 is 1.70 bits per heavy atom. The minimum Gasteiger partial charge on any atom is -0.489 e. The molecule has 0 radical (unpaired) electrons. The molecule has 3 heteroatoms. The van der Waals surface area contributed by atoms with E-state index in [-0.39, 0.29) is 5.60 Å². The zero-order chi connectivity index (χ0) is 22.4. The lowest BCUT2D eigenvalue weighted by molar-refractivity contribution is -0.00589. The van der Waals surface area contributed by atoms with Gasteiger partial charge in [-0.3, -0.25) is 0 Å². The number of rotatable bonds is 4. The summed E-state index contributed by atoms with van der Waals surface area (Å²) in [4.78, 5) is 0. The zero-order valence-electron chi connectivity index (χ0n) is 19.3. The van der Waals surface area contributed by atoms with Crippen LogP contribution in [0.1, 0.15) is 56.6 Å². The lowest BCUT2D eigenvalue weighted by Crippen LogP contribution is -2.45. The SMILES string of the molecule is CC1(C)Oc2c(-c3cc4ccccc4o3)cc(OCc3ccccc3)cc2[C@@H]2CCCC[C@H]21. The van der Waals surface area contributed by atoms with Crippen LogP contribution < -0.4 is 9.47 Å². The molecule has 2 heterocycles. The Morgan fingerprint density at radius 3 is 2.55 bits per heavy atom. The van der Waals surface area contributed by atoms with Gasteiger partial charge >= 0.3 is 0 Å². The molecule has 0 spiro atoms. The molecule has 3 aromatic carbocycles. The summed E-state index contributed by atoms with van der Waals surface area (Å²) in [6, 6.07) is 24.9. The lowest BCUT2D eigenvalue weighted by atomic mass is 9.66. The standard InChI is InChI=1S/C30H30O3/c1-30(2)26-14-8-7-13-23(26)24-17-22(31-19-20-10-4-3-5-11-20)18-25(29(24)33-30)28-16-21-12-6-9-15-27(21)32-28/h3-6,9-12,15-18,23,26H,7-8,13-14,19H2,1-2H3/t23-,26+/m0/s1. The van der Waals surface area contributed by atoms with Crippen LogP contribution >= 0.6 is 0 Å². The Kier molecular flexibility index (Phi) is 4.94. The quantitative estimate of drug-likeness (QED) is 0.322. The first-order valence-corrected chi connectivity index (χ1v) is 12.1. The monoisotopic (exact) mass is 438 g/mol. The molecule has 1 aliphatic carbocycles. The third kappa shape index (κ3) is 3.70. The molecule has 0 saturated heterocycles. The normalized spacial score (nSPS) is 21.2. The van der Waals surface area contributed by atoms with Gasteiger partial charge in [-0.25, -0.2) is 0 Å². The lowest BCUT2D eigenvalue weighted by Gasteiger charge is -2.48. The van der Waals surface area contributed by atoms with E-state index in [2.05, 4.69) is 50.2 Å². The molecule has 2 aliphatic rings. The molecule has 1 saturated carbocycles. The van der Waals surface area contributed by atoms with Gasteiger partial charge in [0.2, 0.25) is 0 Å². The summed E-state index contributed by atoms with van der Waals surface area (Å²) in [6.07, 6.45) is 4.97. The molecule has 4 aromatic rings. The Bertz CT molecular complexity index is 1250. The topological polar surface area (TPSA) is 31.6 Å². The summed E-state index contributed by atoms with van der Waals surface area (Å²) >= 11 is 0. The molecule has 0 amide bonds. The predicted octanol–water partition coefficient (Wildman–Crippen LogP) is 8.12. The van der Waals surface area contributed by atoms with E-state index >= 15 is 0 Å². The number of hydrogen-bond acceptors (Lipinski definition) is 3. The molecular formula is C30H30O3. The van der Waals surface area contributed by atoms with Crippen molar-refractivity contribution < 1.29 is 13.9 Å². The van der Waals surface area contributed by atoms with Gasteiger partial charge in [0, 0.05) is 16.9 Å². The van der Waals surface area contributed by atoms with Crippen LogP contribution in [0.3, 0.4) is 0 Å². The van der Waals surface area contributed by atoms with Gasteiger partial charge in [0.15, 0.2) is 0 Å². The molecule has 1 aromatic heterocycles. The first-order valence-electron chi connectivity index (χ1n) is 12.1. The fraction of sp³-hybridized carbons (Fsp3) is 0.333. The van der Waals surface area contributed by atoms with Gasteiger partial charge in [0.1, 0.15) is 35.1 Å². The van der Waals surface area contributed by atoms with Gasteiger partial charge in [-0.2, -0.15) is 0 Å². The Hall–Kier alpha value is -3.20. The average molecular weight is 439 g/mol. The van der Waals surface area contributed by atoms with Crippen molar-refractivity contribution >= 4 is 11.0 Å². The van der Waals surface area contributed by atoms with Crippen molar-refractivity contribution in [3.05, 3.63) is 83.9 Å². The highest BCUT2D eigenvalue weighted by Crippen LogP contribution is 2.55. The van der Waals surface area contributed by atoms with Crippen molar-refractivity contribution in [3.8, 4) is 22.8 Å². The molecule has 0 bridgehead atoms. The van der Waals surface area contributed by atoms with Crippen molar-refractivity contribution in [2.24, 2.45) is 5.92 Å². The summed E-state index contributed by atoms with van der Waals surface area (Å²) in [5.41, 5.74) is 4.12. The molecule has 33 heavy (non-hydrogen) atoms. The van der Waals surface area contributed by atoms with Gasteiger partial charge in [0.25, 0.3) is 0 Å². The fourth-order valence-corrected chi connectivity index (χ4v) is 5.81. The van der Waals surface area contributed by atoms with E-state index in [9.17, 15) is 0 Å². The molecule has 1 aliphatic heterocycles. The molecule has 168 valence electrons. The molecule has 0 unspecified atom stereocenters. The maximum absolute atomic E-state index is 6.77. The summed E-state index contributed by atoms with van der Waals surface area (Å²) in [6.45, 7) is 5.04. The van der Waals surface area contributed by atoms with E-state index in [1.807, 2.05) is 36.4 Å². The second kappa shape index (κ2) is 7.98. The minimum atomic E-state index is -0.203. The molecule has 0 N–H and O–H groups in total. The van der Waals surface area contributed by atoms with Crippen LogP contribution in [0, 0.1) is 5.92 Å². The number of ether oxygens (including phenoxy) is 2. The highest BCUT2D eigenvalue weighted by Gasteiger charge is 2.45. The number of furan rings is 1. The van der Waals surface area contributed by atoms with Crippen molar-refractivity contribution in [3.63, 3.8) is 0 Å². The van der Waals surface area contributed by atoms with E-state index in [1.165, 1.54) is 31.2 Å². The maximum Gasteiger partial charge on any atom is 0.139 e. The van der Waals surface area contributed by atoms with Crippen LogP contribution in [0.2, 0.25) is 0 Å². The van der Waals surface area contributed by atoms with Gasteiger partial charge in [-0.1, -0.05) is 61.4 Å². The Balaban J connectivity index is 1.48. The van der Waals surface area contributed by atoms with Crippen molar-refractivity contribution in [1.82, 2.24) is 0 Å². The van der Waals surface area contributed by atoms with E-state index < -0.39 is 0 Å². The predicted molar refractivity (Wildman–Crippen MR) is 132 cm³/mol. The van der Waals surface area contributed by atoms with Crippen LogP contribution in [0.5, 0.6) is 11.5 Å². The first kappa shape index (κ1) is 20.4. The number of fused-ring (bicyclic) bond motifs is 4. The molecule has 3 nitrogen and oxygen atoms in total. The maximum atomic E-state index is 6.77. The molecule has 1 fully saturated rings. The average Bonchev–Trinajstić information content (AvgIpc) is 3.27. The van der Waals surface area contributed by atoms with E-state index in [4.69, 9.17) is 13.9 Å². The van der Waals surface area contributed by atoms with Gasteiger partial charge < -0.3 is 13.9 Å². The van der Waals surface area contributed by atoms with Crippen molar-refractivity contribution in [2.75, 3.05) is 0 Å². The highest BCUT2D eigenvalue weighted by molar-refractivity contribution is 5.85. The van der Waals surface area contributed by atoms with Crippen LogP contribution in [0.25, 0.3) is 22.3 Å². The largest absolute Gasteiger partial charge is 0.489 e. The van der Waals surface area contributed by atoms with Crippen molar-refractivity contribution in [2.45, 2.75) is 57.7 Å². The van der Waals surface area contributed by atoms with Gasteiger partial charge in [0.05, 0.1) is 5.56 Å². The number of para-hydroxylation sites is 1. The third-order valence-corrected chi connectivity index (χ3v) is 7.45. The van der Waals surface area contributed by atoms with Crippen molar-refractivity contribution in [1.29, 1.82) is 0 Å². The van der Waals surface area contributed by atoms with E-state index in [0.29, 0.717) is 18.4 Å². The molecule has 2 atom stereocenters. The molecular weight excluding hydrogens is 408 g/mol. The Labute approximate surface area is 195 Å². The van der Waals surface area contributed by atoms with Gasteiger partial charge in [-0.15, -0.1) is 0 Å². The summed E-state index contributed by atoms with van der Waals surface area (Å²) < 4.78 is 19.4. The van der Waals surface area contributed by atoms with E-state index in [1.54, 1.807) is 0 Å². The summed E-state index contributed by atoms with van der Waals surface area (Å²) in [7, 11) is 0. The van der Waals surface area contributed by atoms with Gasteiger partial charge in [-0.05, 0) is 62.4 Å². The van der Waals surface area contributed by atoms with Crippen LogP contribution in [0.4, 0.5) is 0 Å². The highest BCUT2D eigenvalue weighted by atomic mass is 16.5. The second-order valence-electron chi connectivity index (χ2n) is 10.0. The minimum absolute atomic E-state index is 0.203. The fourth-order valence-electron chi connectivity index (χ4n) is 5.81. The third-order valence-electron chi connectivity index (χ3n) is 7.45. The van der Waals surface area contributed by atoms with Crippen LogP contribution in [0.15, 0.2) is 77.2 Å². The summed E-state index contributed by atoms with van der Waals surface area (Å²) in [5, 5.41) is 1.10. The smallest absolute Gasteiger partial charge is 0.139 e. The Morgan fingerprint density at radius 1 is 0.909 bits per heavy atom. The second-order valence-corrected chi connectivity index (χ2v) is 10.0. The van der Waals surface area contributed by atoms with Crippen LogP contribution in [-0.2, 0) is 6.61 Å². The van der Waals surface area contributed by atoms with Crippen LogP contribution in [-0.4, -0.2) is 5.60 Å². The molecule has 6 rings (SSSR count). The van der Waals surface area contributed by atoms with E-state index in [0.717, 1.165) is 39.4 Å². The zero-order valence-corrected chi connectivity index (χ0v) is 19.3. The first-order chi connectivity index (χ1) is 16.1.